The summed E-state index contributed by atoms with van der Waals surface area (Å²) >= 11 is 0. The zero-order valence-electron chi connectivity index (χ0n) is 10.4. The Kier molecular flexibility index (Phi) is 4.13. The minimum atomic E-state index is -0.676. The molecule has 2 rings (SSSR count). The van der Waals surface area contributed by atoms with E-state index in [1.165, 1.54) is 16.8 Å². The third-order valence-electron chi connectivity index (χ3n) is 2.56. The fourth-order valence-electron chi connectivity index (χ4n) is 1.58. The van der Waals surface area contributed by atoms with E-state index in [9.17, 15) is 9.59 Å². The lowest BCUT2D eigenvalue weighted by Gasteiger charge is -2.13. The van der Waals surface area contributed by atoms with Crippen molar-refractivity contribution >= 4 is 11.8 Å². The van der Waals surface area contributed by atoms with Gasteiger partial charge in [-0.2, -0.15) is 4.98 Å². The predicted molar refractivity (Wildman–Crippen MR) is 64.0 cm³/mol. The molecule has 2 heterocycles. The molecule has 104 valence electrons. The fraction of sp³-hybridized carbons (Fsp3) is 0.545. The fourth-order valence-corrected chi connectivity index (χ4v) is 1.58. The molecular formula is C11H15N3O5. The minimum absolute atomic E-state index is 0.000322. The van der Waals surface area contributed by atoms with Gasteiger partial charge in [0.15, 0.2) is 12.5 Å². The molecule has 1 aliphatic rings. The van der Waals surface area contributed by atoms with Crippen LogP contribution in [0.2, 0.25) is 0 Å². The zero-order chi connectivity index (χ0) is 13.8. The van der Waals surface area contributed by atoms with E-state index in [2.05, 4.69) is 4.98 Å². The minimum Gasteiger partial charge on any atom is -0.460 e. The van der Waals surface area contributed by atoms with Crippen LogP contribution in [0.25, 0.3) is 0 Å². The van der Waals surface area contributed by atoms with Crippen molar-refractivity contribution < 1.29 is 19.0 Å². The Bertz CT molecular complexity index is 515. The quantitative estimate of drug-likeness (QED) is 0.744. The lowest BCUT2D eigenvalue weighted by atomic mass is 10.5. The first-order chi connectivity index (χ1) is 9.10. The smallest absolute Gasteiger partial charge is 0.351 e. The Morgan fingerprint density at radius 3 is 3.16 bits per heavy atom. The average molecular weight is 269 g/mol. The summed E-state index contributed by atoms with van der Waals surface area (Å²) in [5.74, 6) is -0.185. The summed E-state index contributed by atoms with van der Waals surface area (Å²) < 4.78 is 16.9. The number of carbonyl (C=O) groups excluding carboxylic acids is 1. The van der Waals surface area contributed by atoms with Gasteiger partial charge in [-0.1, -0.05) is 6.92 Å². The molecule has 8 heteroatoms. The Labute approximate surface area is 109 Å². The van der Waals surface area contributed by atoms with E-state index in [1.807, 2.05) is 0 Å². The molecule has 2 unspecified atom stereocenters. The number of rotatable bonds is 4. The van der Waals surface area contributed by atoms with Crippen LogP contribution in [0.15, 0.2) is 17.1 Å². The molecule has 2 N–H and O–H groups in total. The lowest BCUT2D eigenvalue weighted by Crippen LogP contribution is -2.29. The highest BCUT2D eigenvalue weighted by Gasteiger charge is 2.29. The molecule has 1 aromatic heterocycles. The van der Waals surface area contributed by atoms with Gasteiger partial charge in [0.05, 0.1) is 6.61 Å². The number of esters is 1. The first-order valence-corrected chi connectivity index (χ1v) is 5.87. The molecular weight excluding hydrogens is 254 g/mol. The first kappa shape index (κ1) is 13.5. The second-order valence-corrected chi connectivity index (χ2v) is 3.93. The topological polar surface area (TPSA) is 106 Å². The van der Waals surface area contributed by atoms with E-state index in [1.54, 1.807) is 6.92 Å². The summed E-state index contributed by atoms with van der Waals surface area (Å²) in [4.78, 5) is 26.2. The average Bonchev–Trinajstić information content (AvgIpc) is 2.84. The number of carbonyl (C=O) groups is 1. The number of nitrogen functional groups attached to an aromatic ring is 1. The van der Waals surface area contributed by atoms with E-state index in [-0.39, 0.29) is 31.4 Å². The van der Waals surface area contributed by atoms with Crippen molar-refractivity contribution in [1.82, 2.24) is 9.55 Å². The molecule has 0 saturated carbocycles. The molecule has 0 aromatic carbocycles. The first-order valence-electron chi connectivity index (χ1n) is 5.87. The van der Waals surface area contributed by atoms with Crippen molar-refractivity contribution in [1.29, 1.82) is 0 Å². The summed E-state index contributed by atoms with van der Waals surface area (Å²) in [6.45, 7) is 1.88. The van der Waals surface area contributed by atoms with Gasteiger partial charge in [0.25, 0.3) is 0 Å². The molecule has 0 radical (unpaired) electrons. The van der Waals surface area contributed by atoms with Gasteiger partial charge >= 0.3 is 11.7 Å². The number of nitrogens with zero attached hydrogens (tertiary/aromatic N) is 2. The van der Waals surface area contributed by atoms with Gasteiger partial charge in [0.2, 0.25) is 0 Å². The molecule has 1 saturated heterocycles. The molecule has 0 aliphatic carbocycles. The van der Waals surface area contributed by atoms with E-state index in [0.29, 0.717) is 0 Å². The maximum Gasteiger partial charge on any atom is 0.351 e. The summed E-state index contributed by atoms with van der Waals surface area (Å²) in [5, 5.41) is 0. The number of anilines is 1. The molecule has 8 nitrogen and oxygen atoms in total. The summed E-state index contributed by atoms with van der Waals surface area (Å²) in [7, 11) is 0. The van der Waals surface area contributed by atoms with Gasteiger partial charge in [0.1, 0.15) is 12.4 Å². The van der Waals surface area contributed by atoms with Crippen LogP contribution in [0, 0.1) is 0 Å². The van der Waals surface area contributed by atoms with Crippen LogP contribution in [-0.2, 0) is 19.0 Å². The highest BCUT2D eigenvalue weighted by molar-refractivity contribution is 5.68. The number of hydrogen-bond acceptors (Lipinski definition) is 7. The standard InChI is InChI=1S/C11H15N3O5/c1-2-9(15)17-6-10-18-5-8(19-10)14-4-3-7(12)13-11(14)16/h3-4,8,10H,2,5-6H2,1H3,(H2,12,13,16). The zero-order valence-corrected chi connectivity index (χ0v) is 10.4. The maximum atomic E-state index is 11.6. The van der Waals surface area contributed by atoms with Crippen LogP contribution in [0.1, 0.15) is 19.6 Å². The van der Waals surface area contributed by atoms with Crippen molar-refractivity contribution in [2.45, 2.75) is 25.9 Å². The normalized spacial score (nSPS) is 22.4. The molecule has 19 heavy (non-hydrogen) atoms. The van der Waals surface area contributed by atoms with Gasteiger partial charge in [0, 0.05) is 12.6 Å². The van der Waals surface area contributed by atoms with Gasteiger partial charge in [-0.05, 0) is 6.07 Å². The summed E-state index contributed by atoms with van der Waals surface area (Å²) in [6.07, 6.45) is 0.507. The monoisotopic (exact) mass is 269 g/mol. The molecule has 0 amide bonds. The Morgan fingerprint density at radius 2 is 2.47 bits per heavy atom. The Balaban J connectivity index is 1.94. The molecule has 1 aliphatic heterocycles. The molecule has 0 bridgehead atoms. The van der Waals surface area contributed by atoms with E-state index >= 15 is 0 Å². The molecule has 2 atom stereocenters. The lowest BCUT2D eigenvalue weighted by molar-refractivity contribution is -0.158. The van der Waals surface area contributed by atoms with Crippen LogP contribution < -0.4 is 11.4 Å². The summed E-state index contributed by atoms with van der Waals surface area (Å²) in [5.41, 5.74) is 4.88. The largest absolute Gasteiger partial charge is 0.460 e. The van der Waals surface area contributed by atoms with Crippen LogP contribution in [-0.4, -0.2) is 35.0 Å². The van der Waals surface area contributed by atoms with Gasteiger partial charge in [-0.3, -0.25) is 9.36 Å². The Hall–Kier alpha value is -1.93. The SMILES string of the molecule is CCC(=O)OCC1OCC(n2ccc(N)nc2=O)O1. The van der Waals surface area contributed by atoms with Gasteiger partial charge in [-0.25, -0.2) is 4.79 Å². The van der Waals surface area contributed by atoms with Gasteiger partial charge in [-0.15, -0.1) is 0 Å². The molecule has 1 fully saturated rings. The number of ether oxygens (including phenoxy) is 3. The van der Waals surface area contributed by atoms with E-state index in [0.717, 1.165) is 0 Å². The van der Waals surface area contributed by atoms with Crippen molar-refractivity contribution in [2.24, 2.45) is 0 Å². The second-order valence-electron chi connectivity index (χ2n) is 3.93. The van der Waals surface area contributed by atoms with E-state index < -0.39 is 18.2 Å². The van der Waals surface area contributed by atoms with Crippen LogP contribution in [0.4, 0.5) is 5.82 Å². The molecule has 1 aromatic rings. The third kappa shape index (κ3) is 3.30. The van der Waals surface area contributed by atoms with Gasteiger partial charge < -0.3 is 19.9 Å². The van der Waals surface area contributed by atoms with Crippen molar-refractivity contribution in [3.63, 3.8) is 0 Å². The van der Waals surface area contributed by atoms with Crippen molar-refractivity contribution in [2.75, 3.05) is 18.9 Å². The number of nitrogens with two attached hydrogens (primary N) is 1. The second kappa shape index (κ2) is 5.81. The van der Waals surface area contributed by atoms with Crippen molar-refractivity contribution in [3.8, 4) is 0 Å². The Morgan fingerprint density at radius 1 is 1.68 bits per heavy atom. The maximum absolute atomic E-state index is 11.6. The van der Waals surface area contributed by atoms with E-state index in [4.69, 9.17) is 19.9 Å². The highest BCUT2D eigenvalue weighted by atomic mass is 16.7. The van der Waals surface area contributed by atoms with Crippen LogP contribution in [0.3, 0.4) is 0 Å². The van der Waals surface area contributed by atoms with Crippen molar-refractivity contribution in [3.05, 3.63) is 22.7 Å². The number of aromatic nitrogens is 2. The van der Waals surface area contributed by atoms with Crippen LogP contribution in [0.5, 0.6) is 0 Å². The highest BCUT2D eigenvalue weighted by Crippen LogP contribution is 2.19. The number of hydrogen-bond donors (Lipinski definition) is 1. The summed E-state index contributed by atoms with van der Waals surface area (Å²) in [6, 6.07) is 1.50. The van der Waals surface area contributed by atoms with Crippen LogP contribution >= 0.6 is 0 Å². The molecule has 0 spiro atoms. The third-order valence-corrected chi connectivity index (χ3v) is 2.56. The predicted octanol–water partition coefficient (Wildman–Crippen LogP) is -0.350.